The second-order valence-electron chi connectivity index (χ2n) is 5.94. The average Bonchev–Trinajstić information content (AvgIpc) is 3.08. The molecule has 1 atom stereocenters. The number of nitrogens with two attached hydrogens (primary N) is 1. The van der Waals surface area contributed by atoms with E-state index in [-0.39, 0.29) is 6.54 Å². The van der Waals surface area contributed by atoms with Gasteiger partial charge in [-0.2, -0.15) is 5.10 Å². The highest BCUT2D eigenvalue weighted by molar-refractivity contribution is 5.75. The predicted octanol–water partition coefficient (Wildman–Crippen LogP) is 2.37. The van der Waals surface area contributed by atoms with E-state index in [1.165, 1.54) is 25.7 Å². The Bertz CT molecular complexity index is 452. The van der Waals surface area contributed by atoms with Crippen molar-refractivity contribution >= 4 is 5.97 Å². The topological polar surface area (TPSA) is 81.1 Å². The molecule has 1 aliphatic carbocycles. The number of rotatable bonds is 7. The summed E-state index contributed by atoms with van der Waals surface area (Å²) >= 11 is 0. The number of hydrogen-bond acceptors (Lipinski definition) is 3. The van der Waals surface area contributed by atoms with Crippen LogP contribution in [0.1, 0.15) is 57.2 Å². The molecule has 0 saturated heterocycles. The lowest BCUT2D eigenvalue weighted by molar-refractivity contribution is -0.148. The van der Waals surface area contributed by atoms with Crippen molar-refractivity contribution in [2.24, 2.45) is 11.1 Å². The molecule has 1 saturated carbocycles. The first kappa shape index (κ1) is 15.0. The van der Waals surface area contributed by atoms with E-state index in [1.807, 2.05) is 23.9 Å². The van der Waals surface area contributed by atoms with Gasteiger partial charge in [0, 0.05) is 19.2 Å². The van der Waals surface area contributed by atoms with Crippen LogP contribution >= 0.6 is 0 Å². The van der Waals surface area contributed by atoms with Crippen molar-refractivity contribution in [2.75, 3.05) is 6.54 Å². The summed E-state index contributed by atoms with van der Waals surface area (Å²) in [6.45, 7) is 2.15. The van der Waals surface area contributed by atoms with E-state index in [9.17, 15) is 9.90 Å². The van der Waals surface area contributed by atoms with Gasteiger partial charge >= 0.3 is 5.97 Å². The lowest BCUT2D eigenvalue weighted by atomic mass is 9.79. The molecule has 0 aromatic carbocycles. The van der Waals surface area contributed by atoms with Gasteiger partial charge in [-0.05, 0) is 25.3 Å². The summed E-state index contributed by atoms with van der Waals surface area (Å²) < 4.78 is 2.01. The van der Waals surface area contributed by atoms with Gasteiger partial charge in [-0.15, -0.1) is 0 Å². The monoisotopic (exact) mass is 279 g/mol. The summed E-state index contributed by atoms with van der Waals surface area (Å²) in [6.07, 6.45) is 8.69. The van der Waals surface area contributed by atoms with Gasteiger partial charge in [-0.1, -0.05) is 26.2 Å². The lowest BCUT2D eigenvalue weighted by Crippen LogP contribution is -2.40. The first-order valence-corrected chi connectivity index (χ1v) is 7.59. The number of carbonyl (C=O) groups is 1. The van der Waals surface area contributed by atoms with Crippen LogP contribution in [0.4, 0.5) is 0 Å². The molecule has 5 heteroatoms. The number of carboxylic acids is 1. The normalized spacial score (nSPS) is 19.1. The van der Waals surface area contributed by atoms with Gasteiger partial charge in [-0.25, -0.2) is 0 Å². The molecule has 1 aliphatic rings. The van der Waals surface area contributed by atoms with Gasteiger partial charge in [0.15, 0.2) is 0 Å². The van der Waals surface area contributed by atoms with E-state index >= 15 is 0 Å². The summed E-state index contributed by atoms with van der Waals surface area (Å²) in [5.41, 5.74) is 5.73. The first-order chi connectivity index (χ1) is 9.61. The zero-order chi connectivity index (χ0) is 14.6. The maximum Gasteiger partial charge on any atom is 0.311 e. The molecule has 112 valence electrons. The van der Waals surface area contributed by atoms with Crippen molar-refractivity contribution < 1.29 is 9.90 Å². The summed E-state index contributed by atoms with van der Waals surface area (Å²) in [7, 11) is 0. The van der Waals surface area contributed by atoms with E-state index in [1.54, 1.807) is 0 Å². The third-order valence-electron chi connectivity index (χ3n) is 4.45. The highest BCUT2D eigenvalue weighted by Crippen LogP contribution is 2.31. The Kier molecular flexibility index (Phi) is 4.81. The molecule has 0 aliphatic heterocycles. The van der Waals surface area contributed by atoms with Crippen LogP contribution in [0.3, 0.4) is 0 Å². The second-order valence-corrected chi connectivity index (χ2v) is 5.94. The molecule has 1 unspecified atom stereocenters. The number of nitrogens with zero attached hydrogens (tertiary/aromatic N) is 2. The van der Waals surface area contributed by atoms with E-state index in [0.717, 1.165) is 12.1 Å². The van der Waals surface area contributed by atoms with E-state index in [0.29, 0.717) is 18.9 Å². The largest absolute Gasteiger partial charge is 0.481 e. The van der Waals surface area contributed by atoms with Gasteiger partial charge in [-0.3, -0.25) is 9.48 Å². The van der Waals surface area contributed by atoms with Gasteiger partial charge in [0.1, 0.15) is 0 Å². The third-order valence-corrected chi connectivity index (χ3v) is 4.45. The highest BCUT2D eigenvalue weighted by atomic mass is 16.4. The molecule has 0 bridgehead atoms. The van der Waals surface area contributed by atoms with Crippen LogP contribution in [-0.4, -0.2) is 27.4 Å². The van der Waals surface area contributed by atoms with Gasteiger partial charge < -0.3 is 10.8 Å². The number of aliphatic carboxylic acids is 1. The number of carboxylic acid groups (broad SMARTS) is 1. The van der Waals surface area contributed by atoms with Crippen LogP contribution in [0.5, 0.6) is 0 Å². The molecule has 0 radical (unpaired) electrons. The quantitative estimate of drug-likeness (QED) is 0.803. The molecule has 0 amide bonds. The standard InChI is InChI=1S/C15H25N3O2/c1-2-8-15(11-16,14(19)20)10-12-7-9-18(17-12)13-5-3-4-6-13/h7,9,13H,2-6,8,10-11,16H2,1H3,(H,19,20). The summed E-state index contributed by atoms with van der Waals surface area (Å²) in [5, 5.41) is 14.1. The molecule has 5 nitrogen and oxygen atoms in total. The van der Waals surface area contributed by atoms with Crippen LogP contribution in [0, 0.1) is 5.41 Å². The Morgan fingerprint density at radius 1 is 1.55 bits per heavy atom. The Labute approximate surface area is 120 Å². The first-order valence-electron chi connectivity index (χ1n) is 7.59. The molecular weight excluding hydrogens is 254 g/mol. The molecule has 1 aromatic rings. The molecule has 1 fully saturated rings. The van der Waals surface area contributed by atoms with Crippen LogP contribution < -0.4 is 5.73 Å². The third kappa shape index (κ3) is 3.03. The Morgan fingerprint density at radius 2 is 2.25 bits per heavy atom. The van der Waals surface area contributed by atoms with E-state index in [2.05, 4.69) is 5.10 Å². The van der Waals surface area contributed by atoms with Gasteiger partial charge in [0.2, 0.25) is 0 Å². The molecule has 3 N–H and O–H groups in total. The molecule has 0 spiro atoms. The fourth-order valence-electron chi connectivity index (χ4n) is 3.20. The minimum atomic E-state index is -0.871. The van der Waals surface area contributed by atoms with Crippen molar-refractivity contribution in [1.29, 1.82) is 0 Å². The van der Waals surface area contributed by atoms with Crippen molar-refractivity contribution in [2.45, 2.75) is 57.9 Å². The van der Waals surface area contributed by atoms with Crippen molar-refractivity contribution in [1.82, 2.24) is 9.78 Å². The molecule has 20 heavy (non-hydrogen) atoms. The Morgan fingerprint density at radius 3 is 2.80 bits per heavy atom. The molecule has 1 heterocycles. The average molecular weight is 279 g/mol. The number of hydrogen-bond donors (Lipinski definition) is 2. The molecule has 2 rings (SSSR count). The Balaban J connectivity index is 2.12. The zero-order valence-corrected chi connectivity index (χ0v) is 12.2. The fraction of sp³-hybridized carbons (Fsp3) is 0.733. The summed E-state index contributed by atoms with van der Waals surface area (Å²) in [6, 6.07) is 2.44. The minimum absolute atomic E-state index is 0.159. The van der Waals surface area contributed by atoms with Gasteiger partial charge in [0.05, 0.1) is 17.2 Å². The van der Waals surface area contributed by atoms with Crippen molar-refractivity contribution in [3.8, 4) is 0 Å². The highest BCUT2D eigenvalue weighted by Gasteiger charge is 2.37. The SMILES string of the molecule is CCCC(CN)(Cc1ccn(C2CCCC2)n1)C(=O)O. The van der Waals surface area contributed by atoms with E-state index in [4.69, 9.17) is 5.73 Å². The summed E-state index contributed by atoms with van der Waals surface area (Å²) in [5.74, 6) is -0.808. The Hall–Kier alpha value is -1.36. The van der Waals surface area contributed by atoms with Crippen LogP contribution in [0.15, 0.2) is 12.3 Å². The maximum absolute atomic E-state index is 11.6. The van der Waals surface area contributed by atoms with E-state index < -0.39 is 11.4 Å². The zero-order valence-electron chi connectivity index (χ0n) is 12.2. The van der Waals surface area contributed by atoms with Crippen LogP contribution in [0.2, 0.25) is 0 Å². The number of aromatic nitrogens is 2. The minimum Gasteiger partial charge on any atom is -0.481 e. The van der Waals surface area contributed by atoms with Crippen molar-refractivity contribution in [3.63, 3.8) is 0 Å². The molecular formula is C15H25N3O2. The van der Waals surface area contributed by atoms with Crippen LogP contribution in [-0.2, 0) is 11.2 Å². The predicted molar refractivity (Wildman–Crippen MR) is 77.5 cm³/mol. The lowest BCUT2D eigenvalue weighted by Gasteiger charge is -2.26. The fourth-order valence-corrected chi connectivity index (χ4v) is 3.20. The second kappa shape index (κ2) is 6.39. The molecule has 1 aromatic heterocycles. The van der Waals surface area contributed by atoms with Crippen LogP contribution in [0.25, 0.3) is 0 Å². The summed E-state index contributed by atoms with van der Waals surface area (Å²) in [4.78, 5) is 11.6. The smallest absolute Gasteiger partial charge is 0.311 e. The van der Waals surface area contributed by atoms with Crippen molar-refractivity contribution in [3.05, 3.63) is 18.0 Å². The van der Waals surface area contributed by atoms with Gasteiger partial charge in [0.25, 0.3) is 0 Å². The maximum atomic E-state index is 11.6.